The first-order chi connectivity index (χ1) is 14.0. The van der Waals surface area contributed by atoms with Gasteiger partial charge in [0.25, 0.3) is 0 Å². The van der Waals surface area contributed by atoms with E-state index in [9.17, 15) is 9.90 Å². The molecule has 32 heavy (non-hydrogen) atoms. The minimum Gasteiger partial charge on any atom is -0.459 e. The zero-order valence-corrected chi connectivity index (χ0v) is 23.3. The molecule has 4 saturated carbocycles. The topological polar surface area (TPSA) is 46.5 Å². The van der Waals surface area contributed by atoms with Crippen LogP contribution in [-0.2, 0) is 9.53 Å². The smallest absolute Gasteiger partial charge is 0.312 e. The van der Waals surface area contributed by atoms with Crippen LogP contribution in [0.25, 0.3) is 0 Å². The number of esters is 1. The van der Waals surface area contributed by atoms with E-state index in [-0.39, 0.29) is 33.0 Å². The Kier molecular flexibility index (Phi) is 5.68. The molecule has 4 aliphatic rings. The van der Waals surface area contributed by atoms with Gasteiger partial charge in [-0.1, -0.05) is 48.5 Å². The third-order valence-corrected chi connectivity index (χ3v) is 10.4. The molecule has 0 amide bonds. The number of carbonyl (C=O) groups excluding carboxylic acids is 1. The second kappa shape index (κ2) is 6.98. The van der Waals surface area contributed by atoms with Crippen molar-refractivity contribution < 1.29 is 14.6 Å². The van der Waals surface area contributed by atoms with E-state index < -0.39 is 16.6 Å². The summed E-state index contributed by atoms with van der Waals surface area (Å²) >= 11 is 0. The van der Waals surface area contributed by atoms with Gasteiger partial charge in [0.05, 0.1) is 11.0 Å². The molecule has 3 atom stereocenters. The van der Waals surface area contributed by atoms with Crippen LogP contribution in [0.1, 0.15) is 128 Å². The largest absolute Gasteiger partial charge is 0.459 e. The summed E-state index contributed by atoms with van der Waals surface area (Å²) in [7, 11) is 0. The SMILES string of the molecule is CC(C)CC(C)(C(=O)OC(C)(C)C12CC3(C)CC(C)(CC(C(C)(C)O)(C3)C1)C2)C(C)(C)C. The quantitative estimate of drug-likeness (QED) is 0.427. The first-order valence-electron chi connectivity index (χ1n) is 13.0. The van der Waals surface area contributed by atoms with Crippen LogP contribution in [0.15, 0.2) is 0 Å². The van der Waals surface area contributed by atoms with E-state index in [0.717, 1.165) is 38.5 Å². The lowest BCUT2D eigenvalue weighted by atomic mass is 9.32. The highest BCUT2D eigenvalue weighted by atomic mass is 16.6. The van der Waals surface area contributed by atoms with Gasteiger partial charge in [0.2, 0.25) is 0 Å². The summed E-state index contributed by atoms with van der Waals surface area (Å²) in [6, 6.07) is 0. The first-order valence-corrected chi connectivity index (χ1v) is 13.0. The molecule has 4 bridgehead atoms. The third-order valence-electron chi connectivity index (χ3n) is 10.4. The number of hydrogen-bond donors (Lipinski definition) is 1. The Morgan fingerprint density at radius 3 is 1.62 bits per heavy atom. The van der Waals surface area contributed by atoms with E-state index >= 15 is 0 Å². The molecule has 1 N–H and O–H groups in total. The molecule has 3 heteroatoms. The summed E-state index contributed by atoms with van der Waals surface area (Å²) in [6.07, 6.45) is 7.33. The molecule has 0 saturated heterocycles. The highest BCUT2D eigenvalue weighted by Gasteiger charge is 2.72. The third kappa shape index (κ3) is 3.87. The van der Waals surface area contributed by atoms with E-state index in [1.54, 1.807) is 0 Å². The summed E-state index contributed by atoms with van der Waals surface area (Å²) in [6.45, 7) is 26.2. The zero-order valence-electron chi connectivity index (χ0n) is 23.3. The minimum absolute atomic E-state index is 0.0490. The Hall–Kier alpha value is -0.570. The molecule has 0 aromatic rings. The highest BCUT2D eigenvalue weighted by Crippen LogP contribution is 2.78. The number of hydrogen-bond acceptors (Lipinski definition) is 3. The molecule has 3 nitrogen and oxygen atoms in total. The second-order valence-corrected chi connectivity index (χ2v) is 15.9. The van der Waals surface area contributed by atoms with Crippen molar-refractivity contribution in [3.63, 3.8) is 0 Å². The number of rotatable bonds is 6. The van der Waals surface area contributed by atoms with E-state index in [0.29, 0.717) is 5.92 Å². The summed E-state index contributed by atoms with van der Waals surface area (Å²) in [5.74, 6) is 0.373. The van der Waals surface area contributed by atoms with E-state index in [1.807, 2.05) is 13.8 Å². The molecule has 3 unspecified atom stereocenters. The van der Waals surface area contributed by atoms with Crippen LogP contribution in [-0.4, -0.2) is 22.3 Å². The van der Waals surface area contributed by atoms with E-state index in [1.165, 1.54) is 6.42 Å². The molecular formula is C29H52O3. The summed E-state index contributed by atoms with van der Waals surface area (Å²) in [5, 5.41) is 11.4. The normalized spacial score (nSPS) is 39.3. The van der Waals surface area contributed by atoms with Gasteiger partial charge in [-0.3, -0.25) is 4.79 Å². The van der Waals surface area contributed by atoms with Crippen molar-refractivity contribution in [2.45, 2.75) is 139 Å². The predicted octanol–water partition coefficient (Wildman–Crippen LogP) is 7.54. The lowest BCUT2D eigenvalue weighted by Crippen LogP contribution is -2.69. The molecular weight excluding hydrogens is 396 g/mol. The van der Waals surface area contributed by atoms with Crippen LogP contribution < -0.4 is 0 Å². The Balaban J connectivity index is 2.02. The average molecular weight is 449 g/mol. The minimum atomic E-state index is -0.736. The molecule has 0 aromatic heterocycles. The molecule has 186 valence electrons. The van der Waals surface area contributed by atoms with Gasteiger partial charge >= 0.3 is 5.97 Å². The molecule has 0 spiro atoms. The Bertz CT molecular complexity index is 744. The Morgan fingerprint density at radius 1 is 0.812 bits per heavy atom. The van der Waals surface area contributed by atoms with Crippen LogP contribution in [0.4, 0.5) is 0 Å². The second-order valence-electron chi connectivity index (χ2n) is 15.9. The van der Waals surface area contributed by atoms with Crippen molar-refractivity contribution in [3.8, 4) is 0 Å². The molecule has 4 rings (SSSR count). The fourth-order valence-corrected chi connectivity index (χ4v) is 8.95. The van der Waals surface area contributed by atoms with Crippen LogP contribution in [0.5, 0.6) is 0 Å². The first kappa shape index (κ1) is 26.0. The maximum absolute atomic E-state index is 13.9. The van der Waals surface area contributed by atoms with Gasteiger partial charge in [0, 0.05) is 10.8 Å². The average Bonchev–Trinajstić information content (AvgIpc) is 2.47. The van der Waals surface area contributed by atoms with Crippen LogP contribution in [0, 0.1) is 38.4 Å². The fraction of sp³-hybridized carbons (Fsp3) is 0.966. The van der Waals surface area contributed by atoms with Crippen molar-refractivity contribution in [2.75, 3.05) is 0 Å². The maximum Gasteiger partial charge on any atom is 0.312 e. The standard InChI is InChI=1S/C29H52O3/c1-20(2)13-27(12,22(3,4)5)21(30)32-24(8,9)29-17-25(10)14-26(11,18-29)16-28(15-25,19-29)23(6,7)31/h20,31H,13-19H2,1-12H3. The molecule has 0 radical (unpaired) electrons. The lowest BCUT2D eigenvalue weighted by Gasteiger charge is -2.74. The Labute approximate surface area is 198 Å². The molecule has 0 aliphatic heterocycles. The fourth-order valence-electron chi connectivity index (χ4n) is 8.95. The predicted molar refractivity (Wildman–Crippen MR) is 132 cm³/mol. The van der Waals surface area contributed by atoms with Gasteiger partial charge in [-0.2, -0.15) is 0 Å². The van der Waals surface area contributed by atoms with Gasteiger partial charge in [-0.25, -0.2) is 0 Å². The van der Waals surface area contributed by atoms with Gasteiger partial charge < -0.3 is 9.84 Å². The van der Waals surface area contributed by atoms with Crippen LogP contribution in [0.2, 0.25) is 0 Å². The van der Waals surface area contributed by atoms with Crippen molar-refractivity contribution in [2.24, 2.45) is 38.4 Å². The highest BCUT2D eigenvalue weighted by molar-refractivity contribution is 5.78. The van der Waals surface area contributed by atoms with E-state index in [4.69, 9.17) is 4.74 Å². The van der Waals surface area contributed by atoms with Gasteiger partial charge in [0.15, 0.2) is 0 Å². The number of carbonyl (C=O) groups is 1. The molecule has 0 heterocycles. The lowest BCUT2D eigenvalue weighted by molar-refractivity contribution is -0.287. The molecule has 4 aliphatic carbocycles. The summed E-state index contributed by atoms with van der Waals surface area (Å²) in [4.78, 5) is 13.9. The summed E-state index contributed by atoms with van der Waals surface area (Å²) in [5.41, 5.74) is -1.86. The zero-order chi connectivity index (χ0) is 24.8. The van der Waals surface area contributed by atoms with Crippen molar-refractivity contribution in [1.82, 2.24) is 0 Å². The maximum atomic E-state index is 13.9. The van der Waals surface area contributed by atoms with Gasteiger partial charge in [-0.05, 0) is 102 Å². The van der Waals surface area contributed by atoms with Crippen LogP contribution in [0.3, 0.4) is 0 Å². The Morgan fingerprint density at radius 2 is 1.25 bits per heavy atom. The number of ether oxygens (including phenoxy) is 1. The number of aliphatic hydroxyl groups is 1. The summed E-state index contributed by atoms with van der Waals surface area (Å²) < 4.78 is 6.64. The van der Waals surface area contributed by atoms with Gasteiger partial charge in [-0.15, -0.1) is 0 Å². The molecule has 0 aromatic carbocycles. The van der Waals surface area contributed by atoms with Gasteiger partial charge in [0.1, 0.15) is 5.60 Å². The molecule has 4 fully saturated rings. The van der Waals surface area contributed by atoms with E-state index in [2.05, 4.69) is 69.2 Å². The van der Waals surface area contributed by atoms with Crippen molar-refractivity contribution >= 4 is 5.97 Å². The van der Waals surface area contributed by atoms with Crippen molar-refractivity contribution in [3.05, 3.63) is 0 Å². The monoisotopic (exact) mass is 448 g/mol. The van der Waals surface area contributed by atoms with Crippen LogP contribution >= 0.6 is 0 Å². The van der Waals surface area contributed by atoms with Crippen molar-refractivity contribution in [1.29, 1.82) is 0 Å².